The van der Waals surface area contributed by atoms with Crippen molar-refractivity contribution in [2.75, 3.05) is 18.5 Å². The molecule has 2 aromatic rings. The zero-order valence-electron chi connectivity index (χ0n) is 13.7. The van der Waals surface area contributed by atoms with Crippen LogP contribution in [-0.4, -0.2) is 37.1 Å². The lowest BCUT2D eigenvalue weighted by molar-refractivity contribution is -0.00913. The maximum atomic E-state index is 14.2. The van der Waals surface area contributed by atoms with Crippen LogP contribution in [-0.2, 0) is 9.57 Å². The van der Waals surface area contributed by atoms with Gasteiger partial charge in [-0.05, 0) is 52.9 Å². The van der Waals surface area contributed by atoms with E-state index < -0.39 is 41.8 Å². The molecule has 144 valence electrons. The maximum Gasteiger partial charge on any atom is 0.340 e. The van der Waals surface area contributed by atoms with Crippen LogP contribution in [0, 0.1) is 21.0 Å². The SMILES string of the molecule is C=NOCC(O)COC(=O)c1ccc(F)c(F)c1Nc1ccc(I)cc1F. The Morgan fingerprint density at radius 3 is 2.63 bits per heavy atom. The number of carbonyl (C=O) groups excluding carboxylic acids is 1. The number of hydrogen-bond donors (Lipinski definition) is 2. The minimum absolute atomic E-state index is 0.153. The van der Waals surface area contributed by atoms with Crippen molar-refractivity contribution in [1.82, 2.24) is 0 Å². The molecule has 1 atom stereocenters. The second-order valence-electron chi connectivity index (χ2n) is 5.21. The number of nitrogens with zero attached hydrogens (tertiary/aromatic N) is 1. The van der Waals surface area contributed by atoms with Crippen molar-refractivity contribution >= 4 is 46.7 Å². The molecule has 0 saturated heterocycles. The van der Waals surface area contributed by atoms with Crippen LogP contribution < -0.4 is 5.32 Å². The minimum atomic E-state index is -1.37. The number of ether oxygens (including phenoxy) is 1. The Hall–Kier alpha value is -2.34. The van der Waals surface area contributed by atoms with E-state index in [2.05, 4.69) is 22.0 Å². The molecule has 0 aliphatic heterocycles. The fourth-order valence-electron chi connectivity index (χ4n) is 2.00. The number of hydrogen-bond acceptors (Lipinski definition) is 6. The normalized spacial score (nSPS) is 11.6. The van der Waals surface area contributed by atoms with E-state index in [1.807, 2.05) is 22.6 Å². The molecule has 6 nitrogen and oxygen atoms in total. The second-order valence-corrected chi connectivity index (χ2v) is 6.46. The predicted molar refractivity (Wildman–Crippen MR) is 101 cm³/mol. The average molecular weight is 494 g/mol. The van der Waals surface area contributed by atoms with E-state index in [1.54, 1.807) is 6.07 Å². The summed E-state index contributed by atoms with van der Waals surface area (Å²) in [5.74, 6) is -4.37. The van der Waals surface area contributed by atoms with E-state index in [0.717, 1.165) is 12.1 Å². The predicted octanol–water partition coefficient (Wildman–Crippen LogP) is 3.60. The maximum absolute atomic E-state index is 14.2. The summed E-state index contributed by atoms with van der Waals surface area (Å²) in [5, 5.41) is 15.0. The summed E-state index contributed by atoms with van der Waals surface area (Å²) in [6, 6.07) is 5.78. The molecule has 10 heteroatoms. The summed E-state index contributed by atoms with van der Waals surface area (Å²) in [6.45, 7) is 2.30. The highest BCUT2D eigenvalue weighted by Crippen LogP contribution is 2.29. The quantitative estimate of drug-likeness (QED) is 0.254. The molecule has 27 heavy (non-hydrogen) atoms. The molecular formula is C17H14F3IN2O4. The number of nitrogens with one attached hydrogen (secondary N) is 1. The van der Waals surface area contributed by atoms with Gasteiger partial charge in [0.1, 0.15) is 25.1 Å². The molecular weight excluding hydrogens is 480 g/mol. The lowest BCUT2D eigenvalue weighted by Gasteiger charge is -2.15. The lowest BCUT2D eigenvalue weighted by Crippen LogP contribution is -2.23. The Kier molecular flexibility index (Phi) is 7.42. The summed E-state index contributed by atoms with van der Waals surface area (Å²) in [7, 11) is 0. The van der Waals surface area contributed by atoms with Gasteiger partial charge in [-0.3, -0.25) is 0 Å². The summed E-state index contributed by atoms with van der Waals surface area (Å²) >= 11 is 1.89. The Bertz CT molecular complexity index is 851. The number of oxime groups is 1. The topological polar surface area (TPSA) is 80.2 Å². The number of carbonyl (C=O) groups is 1. The third kappa shape index (κ3) is 5.57. The molecule has 1 unspecified atom stereocenters. The third-order valence-corrected chi connectivity index (χ3v) is 3.94. The number of anilines is 2. The molecule has 0 spiro atoms. The highest BCUT2D eigenvalue weighted by Gasteiger charge is 2.22. The molecule has 0 amide bonds. The lowest BCUT2D eigenvalue weighted by atomic mass is 10.1. The van der Waals surface area contributed by atoms with Gasteiger partial charge in [0, 0.05) is 10.3 Å². The van der Waals surface area contributed by atoms with E-state index in [4.69, 9.17) is 4.74 Å². The fourth-order valence-corrected chi connectivity index (χ4v) is 2.46. The van der Waals surface area contributed by atoms with Gasteiger partial charge in [0.05, 0.1) is 16.9 Å². The number of rotatable bonds is 8. The first-order valence-electron chi connectivity index (χ1n) is 7.46. The summed E-state index contributed by atoms with van der Waals surface area (Å²) in [6.07, 6.45) is -1.20. The molecule has 0 saturated carbocycles. The van der Waals surface area contributed by atoms with Crippen LogP contribution >= 0.6 is 22.6 Å². The molecule has 0 aliphatic rings. The molecule has 2 rings (SSSR count). The van der Waals surface area contributed by atoms with Crippen LogP contribution in [0.3, 0.4) is 0 Å². The van der Waals surface area contributed by atoms with Gasteiger partial charge in [0.15, 0.2) is 11.6 Å². The van der Waals surface area contributed by atoms with Gasteiger partial charge in [0.2, 0.25) is 0 Å². The zero-order valence-corrected chi connectivity index (χ0v) is 15.9. The average Bonchev–Trinajstić information content (AvgIpc) is 2.63. The van der Waals surface area contributed by atoms with Crippen LogP contribution in [0.1, 0.15) is 10.4 Å². The van der Waals surface area contributed by atoms with E-state index in [9.17, 15) is 23.1 Å². The van der Waals surface area contributed by atoms with E-state index in [0.29, 0.717) is 3.57 Å². The van der Waals surface area contributed by atoms with Crippen LogP contribution in [0.4, 0.5) is 24.5 Å². The van der Waals surface area contributed by atoms with Gasteiger partial charge in [-0.25, -0.2) is 18.0 Å². The Labute approximate surface area is 166 Å². The van der Waals surface area contributed by atoms with Crippen molar-refractivity contribution in [3.8, 4) is 0 Å². The number of halogens is 4. The Balaban J connectivity index is 2.25. The van der Waals surface area contributed by atoms with E-state index in [1.165, 1.54) is 12.1 Å². The van der Waals surface area contributed by atoms with Crippen molar-refractivity contribution in [1.29, 1.82) is 0 Å². The monoisotopic (exact) mass is 494 g/mol. The molecule has 0 aromatic heterocycles. The van der Waals surface area contributed by atoms with Crippen LogP contribution in [0.15, 0.2) is 35.5 Å². The van der Waals surface area contributed by atoms with Gasteiger partial charge in [-0.15, -0.1) is 5.16 Å². The smallest absolute Gasteiger partial charge is 0.340 e. The molecule has 0 aliphatic carbocycles. The standard InChI is InChI=1S/C17H14F3IN2O4/c1-22-27-8-10(24)7-26-17(25)11-3-4-12(18)15(20)16(11)23-14-5-2-9(21)6-13(14)19/h2-6,10,23-24H,1,7-8H2. The fraction of sp³-hybridized carbons (Fsp3) is 0.176. The molecule has 0 heterocycles. The highest BCUT2D eigenvalue weighted by molar-refractivity contribution is 14.1. The third-order valence-electron chi connectivity index (χ3n) is 3.27. The van der Waals surface area contributed by atoms with Crippen molar-refractivity contribution in [2.45, 2.75) is 6.10 Å². The van der Waals surface area contributed by atoms with Gasteiger partial charge in [-0.1, -0.05) is 0 Å². The first-order valence-corrected chi connectivity index (χ1v) is 8.54. The molecule has 0 fully saturated rings. The summed E-state index contributed by atoms with van der Waals surface area (Å²) < 4.78 is 47.3. The summed E-state index contributed by atoms with van der Waals surface area (Å²) in [5.41, 5.74) is -1.11. The van der Waals surface area contributed by atoms with Crippen LogP contribution in [0.25, 0.3) is 0 Å². The van der Waals surface area contributed by atoms with Crippen molar-refractivity contribution in [2.24, 2.45) is 5.16 Å². The van der Waals surface area contributed by atoms with E-state index in [-0.39, 0.29) is 17.9 Å². The van der Waals surface area contributed by atoms with Crippen molar-refractivity contribution in [3.63, 3.8) is 0 Å². The van der Waals surface area contributed by atoms with Gasteiger partial charge in [0.25, 0.3) is 0 Å². The Morgan fingerprint density at radius 2 is 1.96 bits per heavy atom. The second kappa shape index (κ2) is 9.55. The minimum Gasteiger partial charge on any atom is -0.459 e. The van der Waals surface area contributed by atoms with Gasteiger partial charge < -0.3 is 20.0 Å². The number of aliphatic hydroxyl groups is 1. The molecule has 0 bridgehead atoms. The number of aliphatic hydroxyl groups excluding tert-OH is 1. The highest BCUT2D eigenvalue weighted by atomic mass is 127. The van der Waals surface area contributed by atoms with Gasteiger partial charge >= 0.3 is 5.97 Å². The van der Waals surface area contributed by atoms with Gasteiger partial charge in [-0.2, -0.15) is 0 Å². The number of esters is 1. The van der Waals surface area contributed by atoms with Crippen molar-refractivity contribution < 1.29 is 32.6 Å². The zero-order chi connectivity index (χ0) is 20.0. The first-order chi connectivity index (χ1) is 12.8. The van der Waals surface area contributed by atoms with Crippen LogP contribution in [0.5, 0.6) is 0 Å². The molecule has 2 N–H and O–H groups in total. The molecule has 0 radical (unpaired) electrons. The largest absolute Gasteiger partial charge is 0.459 e. The molecule has 2 aromatic carbocycles. The number of benzene rings is 2. The van der Waals surface area contributed by atoms with Crippen LogP contribution in [0.2, 0.25) is 0 Å². The van der Waals surface area contributed by atoms with Crippen molar-refractivity contribution in [3.05, 3.63) is 56.9 Å². The Morgan fingerprint density at radius 1 is 1.22 bits per heavy atom. The van der Waals surface area contributed by atoms with E-state index >= 15 is 0 Å². The first kappa shape index (κ1) is 21.0. The summed E-state index contributed by atoms with van der Waals surface area (Å²) in [4.78, 5) is 16.7.